The summed E-state index contributed by atoms with van der Waals surface area (Å²) in [6, 6.07) is 15.1. The molecule has 9 heteroatoms. The number of benzene rings is 2. The van der Waals surface area contributed by atoms with Crippen LogP contribution in [0.25, 0.3) is 0 Å². The molecule has 1 atom stereocenters. The van der Waals surface area contributed by atoms with Gasteiger partial charge in [-0.1, -0.05) is 82.7 Å². The fourth-order valence-electron chi connectivity index (χ4n) is 2.45. The van der Waals surface area contributed by atoms with Crippen LogP contribution < -0.4 is 10.6 Å². The molecular weight excluding hydrogens is 435 g/mol. The SMILES string of the molecule is CC(NC(=O)CSc1nnc(NCc2ccccc2)s1)c1ccc(Cl)cc1Cl. The number of hydrogen-bond donors (Lipinski definition) is 2. The van der Waals surface area contributed by atoms with E-state index < -0.39 is 0 Å². The van der Waals surface area contributed by atoms with Crippen molar-refractivity contribution in [1.82, 2.24) is 15.5 Å². The van der Waals surface area contributed by atoms with Crippen LogP contribution in [0.2, 0.25) is 10.0 Å². The normalized spacial score (nSPS) is 11.8. The zero-order valence-electron chi connectivity index (χ0n) is 15.0. The van der Waals surface area contributed by atoms with E-state index in [-0.39, 0.29) is 17.7 Å². The Balaban J connectivity index is 1.46. The van der Waals surface area contributed by atoms with Crippen LogP contribution in [0.4, 0.5) is 5.13 Å². The zero-order chi connectivity index (χ0) is 19.9. The monoisotopic (exact) mass is 452 g/mol. The Kier molecular flexibility index (Phi) is 7.56. The maximum Gasteiger partial charge on any atom is 0.230 e. The number of anilines is 1. The van der Waals surface area contributed by atoms with Crippen LogP contribution in [0.5, 0.6) is 0 Å². The lowest BCUT2D eigenvalue weighted by Gasteiger charge is -2.15. The lowest BCUT2D eigenvalue weighted by atomic mass is 10.1. The molecule has 28 heavy (non-hydrogen) atoms. The van der Waals surface area contributed by atoms with Gasteiger partial charge >= 0.3 is 0 Å². The van der Waals surface area contributed by atoms with E-state index in [0.29, 0.717) is 16.6 Å². The van der Waals surface area contributed by atoms with Crippen LogP contribution in [0.1, 0.15) is 24.1 Å². The molecule has 0 aliphatic heterocycles. The van der Waals surface area contributed by atoms with E-state index >= 15 is 0 Å². The van der Waals surface area contributed by atoms with Crippen molar-refractivity contribution in [2.75, 3.05) is 11.1 Å². The van der Waals surface area contributed by atoms with Gasteiger partial charge < -0.3 is 10.6 Å². The molecule has 1 amide bonds. The van der Waals surface area contributed by atoms with Gasteiger partial charge in [0, 0.05) is 16.6 Å². The number of amides is 1. The Morgan fingerprint density at radius 2 is 1.96 bits per heavy atom. The number of carbonyl (C=O) groups excluding carboxylic acids is 1. The number of halogens is 2. The molecule has 5 nitrogen and oxygen atoms in total. The first-order chi connectivity index (χ1) is 13.5. The molecule has 0 saturated heterocycles. The predicted molar refractivity (Wildman–Crippen MR) is 117 cm³/mol. The molecule has 1 aromatic heterocycles. The second-order valence-electron chi connectivity index (χ2n) is 5.96. The van der Waals surface area contributed by atoms with Crippen molar-refractivity contribution in [3.63, 3.8) is 0 Å². The van der Waals surface area contributed by atoms with Gasteiger partial charge in [-0.15, -0.1) is 10.2 Å². The van der Waals surface area contributed by atoms with E-state index in [1.165, 1.54) is 28.7 Å². The van der Waals surface area contributed by atoms with E-state index in [4.69, 9.17) is 23.2 Å². The number of aromatic nitrogens is 2. The quantitative estimate of drug-likeness (QED) is 0.446. The Morgan fingerprint density at radius 1 is 1.18 bits per heavy atom. The first-order valence-electron chi connectivity index (χ1n) is 8.49. The van der Waals surface area contributed by atoms with Crippen molar-refractivity contribution < 1.29 is 4.79 Å². The molecule has 0 aliphatic carbocycles. The van der Waals surface area contributed by atoms with Crippen LogP contribution in [0.3, 0.4) is 0 Å². The summed E-state index contributed by atoms with van der Waals surface area (Å²) >= 11 is 14.9. The van der Waals surface area contributed by atoms with Crippen molar-refractivity contribution in [3.8, 4) is 0 Å². The molecule has 2 N–H and O–H groups in total. The van der Waals surface area contributed by atoms with Crippen LogP contribution in [0, 0.1) is 0 Å². The molecule has 0 aliphatic rings. The van der Waals surface area contributed by atoms with Gasteiger partial charge in [0.15, 0.2) is 4.34 Å². The summed E-state index contributed by atoms with van der Waals surface area (Å²) in [5.74, 6) is 0.153. The van der Waals surface area contributed by atoms with Gasteiger partial charge in [0.1, 0.15) is 0 Å². The van der Waals surface area contributed by atoms with E-state index in [2.05, 4.69) is 20.8 Å². The Bertz CT molecular complexity index is 937. The van der Waals surface area contributed by atoms with Crippen molar-refractivity contribution in [1.29, 1.82) is 0 Å². The molecule has 0 spiro atoms. The van der Waals surface area contributed by atoms with E-state index in [1.54, 1.807) is 12.1 Å². The molecular formula is C19H18Cl2N4OS2. The highest BCUT2D eigenvalue weighted by molar-refractivity contribution is 8.01. The first kappa shape index (κ1) is 20.9. The third-order valence-electron chi connectivity index (χ3n) is 3.83. The smallest absolute Gasteiger partial charge is 0.230 e. The highest BCUT2D eigenvalue weighted by atomic mass is 35.5. The Morgan fingerprint density at radius 3 is 2.71 bits per heavy atom. The van der Waals surface area contributed by atoms with E-state index in [1.807, 2.05) is 43.3 Å². The minimum Gasteiger partial charge on any atom is -0.356 e. The van der Waals surface area contributed by atoms with E-state index in [0.717, 1.165) is 15.0 Å². The second kappa shape index (κ2) is 10.1. The largest absolute Gasteiger partial charge is 0.356 e. The molecule has 0 fully saturated rings. The van der Waals surface area contributed by atoms with Gasteiger partial charge in [-0.05, 0) is 30.2 Å². The summed E-state index contributed by atoms with van der Waals surface area (Å²) in [5, 5.41) is 16.2. The summed E-state index contributed by atoms with van der Waals surface area (Å²) in [4.78, 5) is 12.2. The molecule has 146 valence electrons. The van der Waals surface area contributed by atoms with Gasteiger partial charge in [0.25, 0.3) is 0 Å². The number of nitrogens with one attached hydrogen (secondary N) is 2. The van der Waals surface area contributed by atoms with Crippen molar-refractivity contribution in [2.45, 2.75) is 23.8 Å². The molecule has 2 aromatic carbocycles. The maximum atomic E-state index is 12.2. The highest BCUT2D eigenvalue weighted by Gasteiger charge is 2.14. The average Bonchev–Trinajstić information content (AvgIpc) is 3.13. The maximum absolute atomic E-state index is 12.2. The molecule has 0 saturated carbocycles. The number of hydrogen-bond acceptors (Lipinski definition) is 6. The number of rotatable bonds is 8. The lowest BCUT2D eigenvalue weighted by molar-refractivity contribution is -0.119. The highest BCUT2D eigenvalue weighted by Crippen LogP contribution is 2.28. The van der Waals surface area contributed by atoms with Crippen LogP contribution in [-0.2, 0) is 11.3 Å². The zero-order valence-corrected chi connectivity index (χ0v) is 18.1. The third-order valence-corrected chi connectivity index (χ3v) is 6.40. The summed E-state index contributed by atoms with van der Waals surface area (Å²) in [7, 11) is 0. The molecule has 3 rings (SSSR count). The van der Waals surface area contributed by atoms with Gasteiger partial charge in [-0.2, -0.15) is 0 Å². The Hall–Kier alpha value is -1.80. The minimum absolute atomic E-state index is 0.0995. The second-order valence-corrected chi connectivity index (χ2v) is 9.00. The van der Waals surface area contributed by atoms with Crippen LogP contribution in [0.15, 0.2) is 52.9 Å². The first-order valence-corrected chi connectivity index (χ1v) is 11.1. The minimum atomic E-state index is -0.213. The van der Waals surface area contributed by atoms with Gasteiger partial charge in [0.05, 0.1) is 11.8 Å². The van der Waals surface area contributed by atoms with Gasteiger partial charge in [-0.3, -0.25) is 4.79 Å². The fourth-order valence-corrected chi connectivity index (χ4v) is 4.58. The van der Waals surface area contributed by atoms with Gasteiger partial charge in [-0.25, -0.2) is 0 Å². The Labute approximate surface area is 181 Å². The average molecular weight is 453 g/mol. The number of carbonyl (C=O) groups is 1. The predicted octanol–water partition coefficient (Wildman–Crippen LogP) is 5.43. The van der Waals surface area contributed by atoms with Crippen LogP contribution in [-0.4, -0.2) is 21.9 Å². The lowest BCUT2D eigenvalue weighted by Crippen LogP contribution is -2.28. The standard InChI is InChI=1S/C19H18Cl2N4OS2/c1-12(15-8-7-14(20)9-16(15)21)23-17(26)11-27-19-25-24-18(28-19)22-10-13-5-3-2-4-6-13/h2-9,12H,10-11H2,1H3,(H,22,24)(H,23,26). The molecule has 1 unspecified atom stereocenters. The summed E-state index contributed by atoms with van der Waals surface area (Å²) in [6.07, 6.45) is 0. The fraction of sp³-hybridized carbons (Fsp3) is 0.211. The third kappa shape index (κ3) is 6.10. The molecule has 0 bridgehead atoms. The van der Waals surface area contributed by atoms with Crippen molar-refractivity contribution in [2.24, 2.45) is 0 Å². The van der Waals surface area contributed by atoms with E-state index in [9.17, 15) is 4.79 Å². The van der Waals surface area contributed by atoms with Gasteiger partial charge in [0.2, 0.25) is 11.0 Å². The summed E-state index contributed by atoms with van der Waals surface area (Å²) in [6.45, 7) is 2.56. The summed E-state index contributed by atoms with van der Waals surface area (Å²) < 4.78 is 0.739. The number of nitrogens with zero attached hydrogens (tertiary/aromatic N) is 2. The molecule has 1 heterocycles. The van der Waals surface area contributed by atoms with Crippen LogP contribution >= 0.6 is 46.3 Å². The van der Waals surface area contributed by atoms with Crippen molar-refractivity contribution in [3.05, 3.63) is 69.7 Å². The number of thioether (sulfide) groups is 1. The molecule has 3 aromatic rings. The van der Waals surface area contributed by atoms with Crippen molar-refractivity contribution >= 4 is 57.3 Å². The summed E-state index contributed by atoms with van der Waals surface area (Å²) in [5.41, 5.74) is 1.99. The topological polar surface area (TPSA) is 66.9 Å². The molecule has 0 radical (unpaired) electrons.